The second-order valence-corrected chi connectivity index (χ2v) is 7.29. The van der Waals surface area contributed by atoms with E-state index in [0.29, 0.717) is 12.1 Å². The molecule has 0 fully saturated rings. The summed E-state index contributed by atoms with van der Waals surface area (Å²) in [6.45, 7) is 7.07. The quantitative estimate of drug-likeness (QED) is 0.662. The van der Waals surface area contributed by atoms with Crippen molar-refractivity contribution in [3.8, 4) is 0 Å². The van der Waals surface area contributed by atoms with Crippen molar-refractivity contribution in [2.45, 2.75) is 45.2 Å². The van der Waals surface area contributed by atoms with Gasteiger partial charge >= 0.3 is 6.18 Å². The van der Waals surface area contributed by atoms with Crippen LogP contribution in [-0.4, -0.2) is 38.9 Å². The largest absolute Gasteiger partial charge is 0.423 e. The van der Waals surface area contributed by atoms with Gasteiger partial charge in [-0.1, -0.05) is 11.6 Å². The van der Waals surface area contributed by atoms with E-state index in [9.17, 15) is 13.2 Å². The number of aromatic nitrogens is 4. The first-order chi connectivity index (χ1) is 13.4. The first kappa shape index (κ1) is 21.1. The van der Waals surface area contributed by atoms with Crippen LogP contribution in [0.2, 0.25) is 5.15 Å². The topological polar surface area (TPSA) is 119 Å². The molecular weight excluding hydrogens is 413 g/mol. The van der Waals surface area contributed by atoms with Crippen LogP contribution in [0, 0.1) is 6.92 Å². The molecule has 1 atom stereocenters. The number of nitrogens with one attached hydrogen (secondary N) is 2. The maximum Gasteiger partial charge on any atom is 0.421 e. The van der Waals surface area contributed by atoms with E-state index in [0.717, 1.165) is 0 Å². The number of halogens is 4. The van der Waals surface area contributed by atoms with E-state index in [1.54, 1.807) is 27.7 Å². The van der Waals surface area contributed by atoms with Crippen molar-refractivity contribution < 1.29 is 17.6 Å². The van der Waals surface area contributed by atoms with Crippen LogP contribution in [-0.2, 0) is 11.3 Å². The minimum Gasteiger partial charge on any atom is -0.423 e. The van der Waals surface area contributed by atoms with Gasteiger partial charge in [-0.15, -0.1) is 10.2 Å². The smallest absolute Gasteiger partial charge is 0.421 e. The Hall–Kier alpha value is -2.60. The van der Waals surface area contributed by atoms with Crippen molar-refractivity contribution in [3.05, 3.63) is 40.1 Å². The summed E-state index contributed by atoms with van der Waals surface area (Å²) in [6, 6.07) is 0. The number of rotatable bonds is 5. The number of aliphatic imine (C=N–C) groups is 1. The number of nitrogens with two attached hydrogens (primary N) is 1. The molecule has 0 aliphatic carbocycles. The fourth-order valence-corrected chi connectivity index (χ4v) is 3.00. The van der Waals surface area contributed by atoms with Crippen molar-refractivity contribution in [3.63, 3.8) is 0 Å². The molecule has 0 saturated heterocycles. The molecule has 2 aromatic rings. The summed E-state index contributed by atoms with van der Waals surface area (Å²) in [4.78, 5) is 3.88. The fraction of sp³-hybridized carbons (Fsp3) is 0.500. The van der Waals surface area contributed by atoms with E-state index in [4.69, 9.17) is 21.8 Å². The summed E-state index contributed by atoms with van der Waals surface area (Å²) in [5.41, 5.74) is 4.58. The number of nitrogens with zero attached hydrogens (tertiary/aromatic N) is 5. The molecule has 29 heavy (non-hydrogen) atoms. The monoisotopic (exact) mass is 432 g/mol. The normalized spacial score (nSPS) is 20.2. The predicted molar refractivity (Wildman–Crippen MR) is 98.9 cm³/mol. The van der Waals surface area contributed by atoms with Gasteiger partial charge in [0.15, 0.2) is 5.15 Å². The molecule has 13 heteroatoms. The van der Waals surface area contributed by atoms with Crippen LogP contribution < -0.4 is 16.4 Å². The van der Waals surface area contributed by atoms with Crippen molar-refractivity contribution in [2.75, 3.05) is 6.54 Å². The Balaban J connectivity index is 2.00. The van der Waals surface area contributed by atoms with E-state index in [1.807, 2.05) is 0 Å². The van der Waals surface area contributed by atoms with Crippen LogP contribution in [0.4, 0.5) is 13.2 Å². The molecule has 0 spiro atoms. The van der Waals surface area contributed by atoms with Crippen LogP contribution >= 0.6 is 11.6 Å². The lowest BCUT2D eigenvalue weighted by Crippen LogP contribution is -2.54. The number of allylic oxidation sites excluding steroid dienone is 1. The van der Waals surface area contributed by atoms with Crippen LogP contribution in [0.25, 0.3) is 0 Å². The van der Waals surface area contributed by atoms with E-state index in [1.165, 1.54) is 10.9 Å². The molecule has 4 N–H and O–H groups in total. The molecule has 3 rings (SSSR count). The van der Waals surface area contributed by atoms with E-state index < -0.39 is 23.1 Å². The molecule has 0 amide bonds. The van der Waals surface area contributed by atoms with Gasteiger partial charge in [-0.05, 0) is 20.8 Å². The highest BCUT2D eigenvalue weighted by Crippen LogP contribution is 2.34. The number of hydrogen-bond acceptors (Lipinski definition) is 8. The SMILES string of the molecule is CCNC1=C(C(F)(F)F)C=NC(N)(c2cn(C(C)(C)c3nnc(C)o3)nc2Cl)N1. The molecule has 0 saturated carbocycles. The van der Waals surface area contributed by atoms with Gasteiger partial charge in [-0.25, -0.2) is 4.99 Å². The molecule has 0 bridgehead atoms. The second-order valence-electron chi connectivity index (χ2n) is 6.93. The zero-order valence-corrected chi connectivity index (χ0v) is 16.9. The summed E-state index contributed by atoms with van der Waals surface area (Å²) >= 11 is 6.27. The van der Waals surface area contributed by atoms with Crippen molar-refractivity contribution in [1.82, 2.24) is 30.6 Å². The Morgan fingerprint density at radius 1 is 1.34 bits per heavy atom. The maximum atomic E-state index is 13.3. The highest BCUT2D eigenvalue weighted by molar-refractivity contribution is 6.30. The number of alkyl halides is 3. The fourth-order valence-electron chi connectivity index (χ4n) is 2.73. The first-order valence-electron chi connectivity index (χ1n) is 8.63. The first-order valence-corrected chi connectivity index (χ1v) is 9.00. The zero-order chi connectivity index (χ0) is 21.6. The van der Waals surface area contributed by atoms with Gasteiger partial charge in [0.25, 0.3) is 0 Å². The Morgan fingerprint density at radius 3 is 2.59 bits per heavy atom. The summed E-state index contributed by atoms with van der Waals surface area (Å²) in [7, 11) is 0. The third-order valence-corrected chi connectivity index (χ3v) is 4.62. The lowest BCUT2D eigenvalue weighted by Gasteiger charge is -2.33. The molecule has 0 radical (unpaired) electrons. The molecule has 3 heterocycles. The molecule has 1 aliphatic rings. The van der Waals surface area contributed by atoms with Crippen LogP contribution in [0.1, 0.15) is 38.1 Å². The molecule has 2 aromatic heterocycles. The lowest BCUT2D eigenvalue weighted by molar-refractivity contribution is -0.0876. The van der Waals surface area contributed by atoms with Crippen molar-refractivity contribution in [1.29, 1.82) is 0 Å². The highest BCUT2D eigenvalue weighted by atomic mass is 35.5. The Kier molecular flexibility index (Phi) is 5.11. The minimum atomic E-state index is -4.61. The molecule has 9 nitrogen and oxygen atoms in total. The van der Waals surface area contributed by atoms with Crippen molar-refractivity contribution >= 4 is 17.8 Å². The average molecular weight is 433 g/mol. The van der Waals surface area contributed by atoms with Crippen LogP contribution in [0.15, 0.2) is 27.0 Å². The van der Waals surface area contributed by atoms with E-state index in [2.05, 4.69) is 30.9 Å². The Morgan fingerprint density at radius 2 is 2.03 bits per heavy atom. The van der Waals surface area contributed by atoms with E-state index >= 15 is 0 Å². The summed E-state index contributed by atoms with van der Waals surface area (Å²) in [5.74, 6) is -1.41. The maximum absolute atomic E-state index is 13.3. The third-order valence-electron chi connectivity index (χ3n) is 4.34. The van der Waals surface area contributed by atoms with Gasteiger partial charge in [-0.3, -0.25) is 10.4 Å². The molecular formula is C16H20ClF3N8O. The van der Waals surface area contributed by atoms with Gasteiger partial charge in [0.1, 0.15) is 16.9 Å². The summed E-state index contributed by atoms with van der Waals surface area (Å²) in [6.07, 6.45) is -2.45. The van der Waals surface area contributed by atoms with E-state index in [-0.39, 0.29) is 29.0 Å². The molecule has 1 aliphatic heterocycles. The third kappa shape index (κ3) is 3.81. The second kappa shape index (κ2) is 7.02. The van der Waals surface area contributed by atoms with Gasteiger partial charge in [0, 0.05) is 25.9 Å². The zero-order valence-electron chi connectivity index (χ0n) is 16.1. The lowest BCUT2D eigenvalue weighted by atomic mass is 10.1. The summed E-state index contributed by atoms with van der Waals surface area (Å²) in [5, 5.41) is 17.2. The van der Waals surface area contributed by atoms with Crippen molar-refractivity contribution in [2.24, 2.45) is 10.7 Å². The average Bonchev–Trinajstić information content (AvgIpc) is 3.21. The summed E-state index contributed by atoms with van der Waals surface area (Å²) < 4.78 is 46.7. The van der Waals surface area contributed by atoms with Gasteiger partial charge in [-0.2, -0.15) is 18.3 Å². The minimum absolute atomic E-state index is 0.0345. The Labute approximate surface area is 169 Å². The molecule has 158 valence electrons. The highest BCUT2D eigenvalue weighted by Gasteiger charge is 2.43. The van der Waals surface area contributed by atoms with Gasteiger partial charge in [0.05, 0.1) is 5.56 Å². The molecule has 0 aromatic carbocycles. The predicted octanol–water partition coefficient (Wildman–Crippen LogP) is 2.14. The number of hydrogen-bond donors (Lipinski definition) is 3. The standard InChI is InChI=1S/C16H20ClF3N8O/c1-5-22-12-9(15(18,19)20)6-23-16(21,24-12)10-7-28(27-11(10)17)14(3,4)13-26-25-8(2)29-13/h6-7,22,24H,5,21H2,1-4H3. The van der Waals surface area contributed by atoms with Gasteiger partial charge in [0.2, 0.25) is 17.6 Å². The number of aryl methyl sites for hydroxylation is 1. The van der Waals surface area contributed by atoms with Gasteiger partial charge < -0.3 is 15.1 Å². The molecule has 1 unspecified atom stereocenters. The van der Waals surface area contributed by atoms with Crippen LogP contribution in [0.5, 0.6) is 0 Å². The van der Waals surface area contributed by atoms with Crippen LogP contribution in [0.3, 0.4) is 0 Å². The Bertz CT molecular complexity index is 977.